The number of hydrogen-bond acceptors (Lipinski definition) is 14. The van der Waals surface area contributed by atoms with Gasteiger partial charge in [-0.15, -0.1) is 0 Å². The Morgan fingerprint density at radius 1 is 0.800 bits per heavy atom. The number of nitrogens with zero attached hydrogens (tertiary/aromatic N) is 2. The molecule has 5 atom stereocenters. The summed E-state index contributed by atoms with van der Waals surface area (Å²) in [7, 11) is 1.20. The minimum atomic E-state index is -1.68. The standard InChI is InChI=1S/C26H28N2O12/c1-13(29)35-12-20-21(36-14(2)30)22(37-15(3)31)23(38-16(4)32)26(40-20)39-19-8-6-17(7-9-19)18-10-27-24(28-11-18)25(33)34-5/h6-11,20-23,26H,12H2,1-5H3/t20-,21-,22+,23+,26?/m1/s1/i1D,2D,3D,4D. The molecule has 1 unspecified atom stereocenters. The minimum Gasteiger partial charge on any atom is -0.463 e. The van der Waals surface area contributed by atoms with Crippen LogP contribution in [0.3, 0.4) is 0 Å². The van der Waals surface area contributed by atoms with Gasteiger partial charge in [0, 0.05) is 51.0 Å². The molecule has 1 aliphatic heterocycles. The summed E-state index contributed by atoms with van der Waals surface area (Å²) in [5, 5.41) is 0. The molecular weight excluding hydrogens is 532 g/mol. The first kappa shape index (κ1) is 24.5. The van der Waals surface area contributed by atoms with Crippen molar-refractivity contribution in [2.45, 2.75) is 58.3 Å². The van der Waals surface area contributed by atoms with Crippen LogP contribution in [-0.2, 0) is 47.6 Å². The summed E-state index contributed by atoms with van der Waals surface area (Å²) in [5.41, 5.74) is 1.15. The molecule has 3 rings (SSSR count). The molecule has 40 heavy (non-hydrogen) atoms. The number of esters is 5. The summed E-state index contributed by atoms with van der Waals surface area (Å²) in [4.78, 5) is 67.8. The van der Waals surface area contributed by atoms with Crippen molar-refractivity contribution >= 4 is 29.8 Å². The van der Waals surface area contributed by atoms with Crippen LogP contribution in [-0.4, -0.2) is 84.2 Å². The third-order valence-electron chi connectivity index (χ3n) is 5.26. The van der Waals surface area contributed by atoms with E-state index >= 15 is 0 Å². The van der Waals surface area contributed by atoms with Crippen LogP contribution >= 0.6 is 0 Å². The Hall–Kier alpha value is -4.59. The van der Waals surface area contributed by atoms with Crippen LogP contribution in [0, 0.1) is 0 Å². The second-order valence-corrected chi connectivity index (χ2v) is 8.02. The SMILES string of the molecule is [2H]CC(=O)OC[C@H]1OC(Oc2ccc(-c3cnc(C(=O)OC)nc3)cc2)[C@@H](OC(=O)C[2H])[C@@H](OC(=O)C[2H])[C@@H]1OC(=O)C[2H]. The summed E-state index contributed by atoms with van der Waals surface area (Å²) in [6.07, 6.45) is -5.15. The topological polar surface area (TPSA) is 176 Å². The van der Waals surface area contributed by atoms with E-state index in [1.807, 2.05) is 0 Å². The predicted molar refractivity (Wildman–Crippen MR) is 131 cm³/mol. The Kier molecular flexibility index (Phi) is 8.23. The number of rotatable bonds is 9. The molecule has 1 fully saturated rings. The molecule has 2 aromatic rings. The van der Waals surface area contributed by atoms with Crippen LogP contribution in [0.2, 0.25) is 0 Å². The van der Waals surface area contributed by atoms with Crippen molar-refractivity contribution in [2.75, 3.05) is 13.7 Å². The van der Waals surface area contributed by atoms with Gasteiger partial charge in [-0.3, -0.25) is 19.2 Å². The molecule has 0 spiro atoms. The maximum absolute atomic E-state index is 12.2. The molecule has 0 radical (unpaired) electrons. The van der Waals surface area contributed by atoms with E-state index in [2.05, 4.69) is 14.7 Å². The normalized spacial score (nSPS) is 23.2. The summed E-state index contributed by atoms with van der Waals surface area (Å²) in [6.45, 7) is -3.94. The van der Waals surface area contributed by atoms with Crippen molar-refractivity contribution in [1.82, 2.24) is 9.97 Å². The lowest BCUT2D eigenvalue weighted by Gasteiger charge is -2.43. The first-order chi connectivity index (χ1) is 21.1. The first-order valence-corrected chi connectivity index (χ1v) is 11.4. The summed E-state index contributed by atoms with van der Waals surface area (Å²) < 4.78 is 66.4. The Labute approximate surface area is 234 Å². The molecule has 1 saturated heterocycles. The molecule has 0 N–H and O–H groups in total. The molecule has 14 nitrogen and oxygen atoms in total. The van der Waals surface area contributed by atoms with Crippen molar-refractivity contribution in [3.8, 4) is 16.9 Å². The summed E-state index contributed by atoms with van der Waals surface area (Å²) >= 11 is 0. The van der Waals surface area contributed by atoms with Crippen molar-refractivity contribution in [1.29, 1.82) is 0 Å². The van der Waals surface area contributed by atoms with Crippen molar-refractivity contribution < 1.29 is 62.6 Å². The van der Waals surface area contributed by atoms with Gasteiger partial charge < -0.3 is 33.2 Å². The maximum atomic E-state index is 12.2. The molecule has 1 aliphatic rings. The summed E-state index contributed by atoms with van der Waals surface area (Å²) in [6, 6.07) is 6.18. The quantitative estimate of drug-likeness (QED) is 0.315. The van der Waals surface area contributed by atoms with Crippen LogP contribution in [0.5, 0.6) is 5.75 Å². The van der Waals surface area contributed by atoms with Crippen molar-refractivity contribution in [2.24, 2.45) is 0 Å². The van der Waals surface area contributed by atoms with Gasteiger partial charge in [0.1, 0.15) is 18.5 Å². The Bertz CT molecular complexity index is 1320. The van der Waals surface area contributed by atoms with Gasteiger partial charge in [0.15, 0.2) is 12.2 Å². The van der Waals surface area contributed by atoms with Crippen LogP contribution in [0.15, 0.2) is 36.7 Å². The van der Waals surface area contributed by atoms with E-state index in [9.17, 15) is 24.0 Å². The van der Waals surface area contributed by atoms with E-state index in [4.69, 9.17) is 33.9 Å². The average molecular weight is 565 g/mol. The monoisotopic (exact) mass is 564 g/mol. The fourth-order valence-corrected chi connectivity index (χ4v) is 3.67. The van der Waals surface area contributed by atoms with Crippen LogP contribution < -0.4 is 4.74 Å². The van der Waals surface area contributed by atoms with Gasteiger partial charge in [-0.05, 0) is 17.7 Å². The zero-order valence-corrected chi connectivity index (χ0v) is 21.2. The van der Waals surface area contributed by atoms with Gasteiger partial charge in [-0.25, -0.2) is 14.8 Å². The van der Waals surface area contributed by atoms with E-state index in [-0.39, 0.29) is 11.6 Å². The highest BCUT2D eigenvalue weighted by Crippen LogP contribution is 2.31. The highest BCUT2D eigenvalue weighted by atomic mass is 16.7. The molecule has 0 saturated carbocycles. The zero-order chi connectivity index (χ0) is 32.2. The lowest BCUT2D eigenvalue weighted by molar-refractivity contribution is -0.288. The van der Waals surface area contributed by atoms with Crippen molar-refractivity contribution in [3.05, 3.63) is 42.5 Å². The summed E-state index contributed by atoms with van der Waals surface area (Å²) in [5.74, 6) is -4.95. The smallest absolute Gasteiger partial charge is 0.376 e. The van der Waals surface area contributed by atoms with E-state index < -0.39 is 94.8 Å². The van der Waals surface area contributed by atoms with E-state index in [0.717, 1.165) is 0 Å². The first-order valence-electron chi connectivity index (χ1n) is 14.2. The number of aromatic nitrogens is 2. The maximum Gasteiger partial charge on any atom is 0.376 e. The molecule has 214 valence electrons. The lowest BCUT2D eigenvalue weighted by Crippen LogP contribution is -2.63. The average Bonchev–Trinajstić information content (AvgIpc) is 3.05. The molecule has 0 aliphatic carbocycles. The molecule has 0 bridgehead atoms. The number of methoxy groups -OCH3 is 1. The zero-order valence-electron chi connectivity index (χ0n) is 25.2. The molecule has 1 aromatic carbocycles. The molecule has 14 heteroatoms. The van der Waals surface area contributed by atoms with Gasteiger partial charge in [0.2, 0.25) is 18.2 Å². The second kappa shape index (κ2) is 13.5. The van der Waals surface area contributed by atoms with E-state index in [1.54, 1.807) is 12.1 Å². The number of hydrogen-bond donors (Lipinski definition) is 0. The molecular formula is C26H28N2O12. The fraction of sp³-hybridized carbons (Fsp3) is 0.423. The third-order valence-corrected chi connectivity index (χ3v) is 5.26. The van der Waals surface area contributed by atoms with Gasteiger partial charge >= 0.3 is 29.8 Å². The Morgan fingerprint density at radius 3 is 1.95 bits per heavy atom. The third kappa shape index (κ3) is 7.96. The van der Waals surface area contributed by atoms with E-state index in [0.29, 0.717) is 11.1 Å². The second-order valence-electron chi connectivity index (χ2n) is 8.02. The minimum absolute atomic E-state index is 0.130. The Balaban J connectivity index is 1.95. The molecule has 2 heterocycles. The van der Waals surface area contributed by atoms with Crippen LogP contribution in [0.4, 0.5) is 0 Å². The largest absolute Gasteiger partial charge is 0.463 e. The van der Waals surface area contributed by atoms with Gasteiger partial charge in [0.05, 0.1) is 7.11 Å². The molecule has 1 aromatic heterocycles. The van der Waals surface area contributed by atoms with Crippen molar-refractivity contribution in [3.63, 3.8) is 0 Å². The highest BCUT2D eigenvalue weighted by Gasteiger charge is 2.53. The van der Waals surface area contributed by atoms with Gasteiger partial charge in [0.25, 0.3) is 0 Å². The van der Waals surface area contributed by atoms with E-state index in [1.165, 1.54) is 31.6 Å². The molecule has 0 amide bonds. The Morgan fingerprint density at radius 2 is 1.38 bits per heavy atom. The number of ether oxygens (including phenoxy) is 7. The van der Waals surface area contributed by atoms with Gasteiger partial charge in [-0.1, -0.05) is 12.1 Å². The fourth-order valence-electron chi connectivity index (χ4n) is 3.67. The predicted octanol–water partition coefficient (Wildman–Crippen LogP) is 1.39. The number of carbonyl (C=O) groups excluding carboxylic acids is 5. The van der Waals surface area contributed by atoms with Gasteiger partial charge in [-0.2, -0.15) is 0 Å². The number of carbonyl (C=O) groups is 5. The highest BCUT2D eigenvalue weighted by molar-refractivity contribution is 5.85. The lowest BCUT2D eigenvalue weighted by atomic mass is 9.98. The van der Waals surface area contributed by atoms with Crippen LogP contribution in [0.25, 0.3) is 11.1 Å². The van der Waals surface area contributed by atoms with Crippen LogP contribution in [0.1, 0.15) is 43.7 Å². The number of benzene rings is 1.